The molecule has 0 bridgehead atoms. The predicted octanol–water partition coefficient (Wildman–Crippen LogP) is 2.95. The molecule has 3 rings (SSSR count). The molecule has 0 saturated carbocycles. The minimum atomic E-state index is 0.624. The second-order valence-corrected chi connectivity index (χ2v) is 6.79. The number of nitrogens with two attached hydrogens (primary N) is 2. The fourth-order valence-electron chi connectivity index (χ4n) is 1.99. The van der Waals surface area contributed by atoms with E-state index < -0.39 is 0 Å². The maximum Gasteiger partial charge on any atom is 0.180 e. The monoisotopic (exact) mass is 302 g/mol. The van der Waals surface area contributed by atoms with Crippen molar-refractivity contribution in [2.24, 2.45) is 0 Å². The van der Waals surface area contributed by atoms with Crippen molar-refractivity contribution in [3.63, 3.8) is 0 Å². The molecule has 0 fully saturated rings. The number of nitrogen functional groups attached to an aromatic ring is 2. The number of nitrogens with zero attached hydrogens (tertiary/aromatic N) is 2. The molecule has 0 saturated heterocycles. The maximum absolute atomic E-state index is 5.64. The third-order valence-corrected chi connectivity index (χ3v) is 4.58. The van der Waals surface area contributed by atoms with Gasteiger partial charge in [0.25, 0.3) is 0 Å². The second-order valence-electron chi connectivity index (χ2n) is 4.50. The predicted molar refractivity (Wildman–Crippen MR) is 85.1 cm³/mol. The molecule has 0 unspecified atom stereocenters. The van der Waals surface area contributed by atoms with Crippen LogP contribution in [0.5, 0.6) is 0 Å². The lowest BCUT2D eigenvalue weighted by molar-refractivity contribution is 1.17. The Balaban J connectivity index is 1.68. The van der Waals surface area contributed by atoms with Gasteiger partial charge in [0.05, 0.1) is 0 Å². The highest BCUT2D eigenvalue weighted by Crippen LogP contribution is 2.21. The number of hydrogen-bond acceptors (Lipinski definition) is 6. The molecular weight excluding hydrogens is 288 g/mol. The van der Waals surface area contributed by atoms with Crippen LogP contribution in [-0.4, -0.2) is 9.97 Å². The fourth-order valence-corrected chi connectivity index (χ4v) is 3.42. The highest BCUT2D eigenvalue weighted by atomic mass is 32.1. The molecule has 2 aromatic heterocycles. The average molecular weight is 302 g/mol. The van der Waals surface area contributed by atoms with Crippen LogP contribution in [0, 0.1) is 0 Å². The van der Waals surface area contributed by atoms with Crippen LogP contribution in [-0.2, 0) is 12.8 Å². The zero-order valence-electron chi connectivity index (χ0n) is 10.7. The molecule has 4 nitrogen and oxygen atoms in total. The van der Waals surface area contributed by atoms with Gasteiger partial charge in [-0.15, -0.1) is 22.7 Å². The van der Waals surface area contributed by atoms with Crippen molar-refractivity contribution in [1.82, 2.24) is 9.97 Å². The second kappa shape index (κ2) is 5.60. The number of aromatic nitrogens is 2. The molecule has 0 radical (unpaired) electrons. The summed E-state index contributed by atoms with van der Waals surface area (Å²) >= 11 is 3.08. The topological polar surface area (TPSA) is 77.8 Å². The molecular formula is C14H14N4S2. The van der Waals surface area contributed by atoms with Gasteiger partial charge in [-0.3, -0.25) is 0 Å². The molecule has 102 valence electrons. The van der Waals surface area contributed by atoms with Crippen molar-refractivity contribution in [2.45, 2.75) is 12.8 Å². The number of hydrogen-bond donors (Lipinski definition) is 2. The lowest BCUT2D eigenvalue weighted by atomic mass is 10.1. The first kappa shape index (κ1) is 13.1. The SMILES string of the molecule is Nc1ncc(Cc2ccc(Cc3cnc(N)s3)cc2)s1. The van der Waals surface area contributed by atoms with Gasteiger partial charge in [-0.2, -0.15) is 0 Å². The molecule has 6 heteroatoms. The van der Waals surface area contributed by atoms with Gasteiger partial charge in [0.1, 0.15) is 0 Å². The minimum absolute atomic E-state index is 0.624. The van der Waals surface area contributed by atoms with Gasteiger partial charge < -0.3 is 11.5 Å². The Kier molecular flexibility index (Phi) is 3.66. The summed E-state index contributed by atoms with van der Waals surface area (Å²) in [6.07, 6.45) is 5.44. The quantitative estimate of drug-likeness (QED) is 0.776. The minimum Gasteiger partial charge on any atom is -0.375 e. The molecule has 0 aliphatic carbocycles. The zero-order chi connectivity index (χ0) is 13.9. The Labute approximate surface area is 125 Å². The molecule has 0 aliphatic rings. The van der Waals surface area contributed by atoms with Crippen LogP contribution < -0.4 is 11.5 Å². The van der Waals surface area contributed by atoms with Crippen molar-refractivity contribution >= 4 is 32.9 Å². The third-order valence-electron chi connectivity index (χ3n) is 2.92. The van der Waals surface area contributed by atoms with Crippen molar-refractivity contribution in [1.29, 1.82) is 0 Å². The summed E-state index contributed by atoms with van der Waals surface area (Å²) in [5, 5.41) is 1.25. The standard InChI is InChI=1S/C14H14N4S2/c15-13-17-7-11(19-13)5-9-1-2-10(4-3-9)6-12-8-18-14(16)20-12/h1-4,7-8H,5-6H2,(H2,15,17)(H2,16,18). The number of anilines is 2. The van der Waals surface area contributed by atoms with E-state index in [1.165, 1.54) is 43.6 Å². The Bertz CT molecular complexity index is 639. The Morgan fingerprint density at radius 2 is 1.15 bits per heavy atom. The highest BCUT2D eigenvalue weighted by Gasteiger charge is 2.03. The van der Waals surface area contributed by atoms with Crippen LogP contribution in [0.3, 0.4) is 0 Å². The van der Waals surface area contributed by atoms with Crippen LogP contribution in [0.15, 0.2) is 36.7 Å². The Hall–Kier alpha value is -1.92. The van der Waals surface area contributed by atoms with Crippen molar-refractivity contribution < 1.29 is 0 Å². The average Bonchev–Trinajstić information content (AvgIpc) is 3.01. The van der Waals surface area contributed by atoms with Crippen LogP contribution in [0.1, 0.15) is 20.9 Å². The summed E-state index contributed by atoms with van der Waals surface area (Å²) in [6.45, 7) is 0. The molecule has 20 heavy (non-hydrogen) atoms. The van der Waals surface area contributed by atoms with E-state index in [4.69, 9.17) is 11.5 Å². The summed E-state index contributed by atoms with van der Waals surface area (Å²) in [5.41, 5.74) is 13.8. The molecule has 0 aliphatic heterocycles. The lowest BCUT2D eigenvalue weighted by Gasteiger charge is -2.02. The molecule has 0 atom stereocenters. The van der Waals surface area contributed by atoms with Crippen molar-refractivity contribution in [3.05, 3.63) is 57.5 Å². The van der Waals surface area contributed by atoms with Crippen molar-refractivity contribution in [3.8, 4) is 0 Å². The van der Waals surface area contributed by atoms with E-state index in [-0.39, 0.29) is 0 Å². The van der Waals surface area contributed by atoms with E-state index in [2.05, 4.69) is 34.2 Å². The highest BCUT2D eigenvalue weighted by molar-refractivity contribution is 7.15. The fraction of sp³-hybridized carbons (Fsp3) is 0.143. The normalized spacial score (nSPS) is 10.8. The van der Waals surface area contributed by atoms with Gasteiger partial charge >= 0.3 is 0 Å². The first-order valence-electron chi connectivity index (χ1n) is 6.17. The van der Waals surface area contributed by atoms with E-state index >= 15 is 0 Å². The molecule has 3 aromatic rings. The van der Waals surface area contributed by atoms with E-state index in [0.29, 0.717) is 10.3 Å². The van der Waals surface area contributed by atoms with E-state index in [0.717, 1.165) is 12.8 Å². The third kappa shape index (κ3) is 3.15. The molecule has 0 spiro atoms. The van der Waals surface area contributed by atoms with Crippen molar-refractivity contribution in [2.75, 3.05) is 11.5 Å². The van der Waals surface area contributed by atoms with E-state index in [1.807, 2.05) is 12.4 Å². The van der Waals surface area contributed by atoms with Gasteiger partial charge in [-0.1, -0.05) is 24.3 Å². The Morgan fingerprint density at radius 3 is 1.45 bits per heavy atom. The van der Waals surface area contributed by atoms with Gasteiger partial charge in [0.15, 0.2) is 10.3 Å². The molecule has 0 amide bonds. The van der Waals surface area contributed by atoms with Crippen LogP contribution in [0.25, 0.3) is 0 Å². The first-order valence-corrected chi connectivity index (χ1v) is 7.80. The van der Waals surface area contributed by atoms with Gasteiger partial charge in [0.2, 0.25) is 0 Å². The summed E-state index contributed by atoms with van der Waals surface area (Å²) in [4.78, 5) is 10.5. The van der Waals surface area contributed by atoms with Gasteiger partial charge in [-0.05, 0) is 11.1 Å². The summed E-state index contributed by atoms with van der Waals surface area (Å²) in [7, 11) is 0. The lowest BCUT2D eigenvalue weighted by Crippen LogP contribution is -1.88. The summed E-state index contributed by atoms with van der Waals surface area (Å²) in [5.74, 6) is 0. The number of benzene rings is 1. The van der Waals surface area contributed by atoms with Gasteiger partial charge in [-0.25, -0.2) is 9.97 Å². The maximum atomic E-state index is 5.64. The Morgan fingerprint density at radius 1 is 0.750 bits per heavy atom. The van der Waals surface area contributed by atoms with Crippen LogP contribution in [0.4, 0.5) is 10.3 Å². The van der Waals surface area contributed by atoms with Gasteiger partial charge in [0, 0.05) is 35.0 Å². The number of thiazole rings is 2. The van der Waals surface area contributed by atoms with Crippen LogP contribution in [0.2, 0.25) is 0 Å². The summed E-state index contributed by atoms with van der Waals surface area (Å²) < 4.78 is 0. The van der Waals surface area contributed by atoms with Crippen LogP contribution >= 0.6 is 22.7 Å². The number of rotatable bonds is 4. The molecule has 2 heterocycles. The molecule has 4 N–H and O–H groups in total. The van der Waals surface area contributed by atoms with E-state index in [9.17, 15) is 0 Å². The molecule has 1 aromatic carbocycles. The largest absolute Gasteiger partial charge is 0.375 e. The zero-order valence-corrected chi connectivity index (χ0v) is 12.4. The summed E-state index contributed by atoms with van der Waals surface area (Å²) in [6, 6.07) is 8.59. The van der Waals surface area contributed by atoms with E-state index in [1.54, 1.807) is 0 Å². The first-order chi connectivity index (χ1) is 9.69. The smallest absolute Gasteiger partial charge is 0.180 e.